The highest BCUT2D eigenvalue weighted by molar-refractivity contribution is 5.93. The molecule has 0 aliphatic heterocycles. The van der Waals surface area contributed by atoms with Crippen molar-refractivity contribution >= 4 is 17.5 Å². The van der Waals surface area contributed by atoms with E-state index < -0.39 is 0 Å². The van der Waals surface area contributed by atoms with Gasteiger partial charge in [-0.3, -0.25) is 9.59 Å². The van der Waals surface area contributed by atoms with Gasteiger partial charge in [0.25, 0.3) is 0 Å². The Labute approximate surface area is 164 Å². The highest BCUT2D eigenvalue weighted by Gasteiger charge is 2.30. The number of hydrogen-bond donors (Lipinski definition) is 2. The molecular weight excluding hydrogens is 359 g/mol. The lowest BCUT2D eigenvalue weighted by Crippen LogP contribution is -2.35. The first-order chi connectivity index (χ1) is 13.6. The Balaban J connectivity index is 1.46. The van der Waals surface area contributed by atoms with E-state index in [1.54, 1.807) is 31.4 Å². The number of anilines is 1. The zero-order chi connectivity index (χ0) is 19.9. The zero-order valence-corrected chi connectivity index (χ0v) is 15.9. The third kappa shape index (κ3) is 5.09. The maximum absolute atomic E-state index is 13.6. The average Bonchev–Trinajstić information content (AvgIpc) is 2.73. The quantitative estimate of drug-likeness (QED) is 0.794. The molecule has 2 N–H and O–H groups in total. The van der Waals surface area contributed by atoms with E-state index >= 15 is 0 Å². The van der Waals surface area contributed by atoms with E-state index in [2.05, 4.69) is 10.6 Å². The van der Waals surface area contributed by atoms with Crippen LogP contribution in [0.5, 0.6) is 5.75 Å². The van der Waals surface area contributed by atoms with Crippen molar-refractivity contribution in [1.82, 2.24) is 5.32 Å². The number of amides is 2. The van der Waals surface area contributed by atoms with Crippen molar-refractivity contribution in [3.05, 3.63) is 59.9 Å². The van der Waals surface area contributed by atoms with Crippen LogP contribution in [0.1, 0.15) is 31.2 Å². The fourth-order valence-electron chi connectivity index (χ4n) is 3.53. The fourth-order valence-corrected chi connectivity index (χ4v) is 3.53. The van der Waals surface area contributed by atoms with Crippen LogP contribution in [-0.2, 0) is 16.1 Å². The Morgan fingerprint density at radius 1 is 1.00 bits per heavy atom. The predicted octanol–water partition coefficient (Wildman–Crippen LogP) is 3.90. The lowest BCUT2D eigenvalue weighted by molar-refractivity contribution is -0.128. The second kappa shape index (κ2) is 9.35. The molecule has 1 saturated carbocycles. The molecule has 0 bridgehead atoms. The minimum absolute atomic E-state index is 0.0292. The number of benzene rings is 2. The second-order valence-electron chi connectivity index (χ2n) is 7.08. The molecule has 3 rings (SSSR count). The van der Waals surface area contributed by atoms with Gasteiger partial charge in [0, 0.05) is 35.7 Å². The summed E-state index contributed by atoms with van der Waals surface area (Å²) in [6, 6.07) is 13.7. The molecule has 6 heteroatoms. The number of halogens is 1. The summed E-state index contributed by atoms with van der Waals surface area (Å²) in [4.78, 5) is 24.9. The van der Waals surface area contributed by atoms with Crippen molar-refractivity contribution in [2.45, 2.75) is 32.2 Å². The van der Waals surface area contributed by atoms with E-state index in [4.69, 9.17) is 4.74 Å². The monoisotopic (exact) mass is 384 g/mol. The smallest absolute Gasteiger partial charge is 0.227 e. The highest BCUT2D eigenvalue weighted by Crippen LogP contribution is 2.30. The topological polar surface area (TPSA) is 67.4 Å². The van der Waals surface area contributed by atoms with Gasteiger partial charge in [0.1, 0.15) is 11.6 Å². The van der Waals surface area contributed by atoms with Gasteiger partial charge in [-0.2, -0.15) is 0 Å². The largest absolute Gasteiger partial charge is 0.497 e. The standard InChI is InChI=1S/C22H25FN2O3/c1-28-19-7-4-6-18(13-19)25-22(27)16-11-9-15(10-12-16)21(26)24-14-17-5-2-3-8-20(17)23/h2-8,13,15-16H,9-12,14H2,1H3,(H,24,26)(H,25,27). The van der Waals surface area contributed by atoms with Gasteiger partial charge >= 0.3 is 0 Å². The molecule has 0 radical (unpaired) electrons. The Morgan fingerprint density at radius 3 is 2.36 bits per heavy atom. The van der Waals surface area contributed by atoms with Crippen LogP contribution >= 0.6 is 0 Å². The van der Waals surface area contributed by atoms with Crippen LogP contribution < -0.4 is 15.4 Å². The molecule has 148 valence electrons. The second-order valence-corrected chi connectivity index (χ2v) is 7.08. The van der Waals surface area contributed by atoms with Gasteiger partial charge < -0.3 is 15.4 Å². The molecule has 5 nitrogen and oxygen atoms in total. The summed E-state index contributed by atoms with van der Waals surface area (Å²) in [5.41, 5.74) is 1.18. The van der Waals surface area contributed by atoms with E-state index in [0.29, 0.717) is 42.7 Å². The molecule has 0 heterocycles. The third-order valence-electron chi connectivity index (χ3n) is 5.22. The van der Waals surface area contributed by atoms with Gasteiger partial charge in [0.15, 0.2) is 0 Å². The minimum atomic E-state index is -0.319. The van der Waals surface area contributed by atoms with Crippen LogP contribution in [0.2, 0.25) is 0 Å². The van der Waals surface area contributed by atoms with Crippen molar-refractivity contribution in [3.8, 4) is 5.75 Å². The number of hydrogen-bond acceptors (Lipinski definition) is 3. The molecule has 2 aromatic carbocycles. The van der Waals surface area contributed by atoms with Gasteiger partial charge in [-0.1, -0.05) is 24.3 Å². The SMILES string of the molecule is COc1cccc(NC(=O)C2CCC(C(=O)NCc3ccccc3F)CC2)c1. The van der Waals surface area contributed by atoms with Gasteiger partial charge in [-0.05, 0) is 43.9 Å². The van der Waals surface area contributed by atoms with E-state index in [-0.39, 0.29) is 36.0 Å². The maximum atomic E-state index is 13.6. The molecule has 0 atom stereocenters. The first-order valence-electron chi connectivity index (χ1n) is 9.53. The molecule has 2 amide bonds. The van der Waals surface area contributed by atoms with Gasteiger partial charge in [0.2, 0.25) is 11.8 Å². The number of nitrogens with one attached hydrogen (secondary N) is 2. The molecule has 0 spiro atoms. The van der Waals surface area contributed by atoms with Crippen LogP contribution in [-0.4, -0.2) is 18.9 Å². The Morgan fingerprint density at radius 2 is 1.68 bits per heavy atom. The van der Waals surface area contributed by atoms with E-state index in [9.17, 15) is 14.0 Å². The molecule has 0 unspecified atom stereocenters. The number of rotatable bonds is 6. The van der Waals surface area contributed by atoms with Crippen LogP contribution in [0.25, 0.3) is 0 Å². The molecule has 0 aromatic heterocycles. The first kappa shape index (κ1) is 19.9. The van der Waals surface area contributed by atoms with Gasteiger partial charge in [0.05, 0.1) is 7.11 Å². The molecular formula is C22H25FN2O3. The van der Waals surface area contributed by atoms with Crippen LogP contribution in [0, 0.1) is 17.7 Å². The van der Waals surface area contributed by atoms with Crippen molar-refractivity contribution in [2.75, 3.05) is 12.4 Å². The summed E-state index contributed by atoms with van der Waals surface area (Å²) in [5, 5.41) is 5.73. The lowest BCUT2D eigenvalue weighted by atomic mass is 9.81. The molecule has 0 saturated heterocycles. The molecule has 2 aromatic rings. The van der Waals surface area contributed by atoms with Crippen LogP contribution in [0.15, 0.2) is 48.5 Å². The van der Waals surface area contributed by atoms with Crippen LogP contribution in [0.4, 0.5) is 10.1 Å². The van der Waals surface area contributed by atoms with E-state index in [0.717, 1.165) is 0 Å². The summed E-state index contributed by atoms with van der Waals surface area (Å²) in [7, 11) is 1.58. The normalized spacial score (nSPS) is 18.9. The number of carbonyl (C=O) groups is 2. The summed E-state index contributed by atoms with van der Waals surface area (Å²) >= 11 is 0. The average molecular weight is 384 g/mol. The molecule has 1 fully saturated rings. The number of carbonyl (C=O) groups excluding carboxylic acids is 2. The fraction of sp³-hybridized carbons (Fsp3) is 0.364. The minimum Gasteiger partial charge on any atom is -0.497 e. The highest BCUT2D eigenvalue weighted by atomic mass is 19.1. The van der Waals surface area contributed by atoms with Crippen LogP contribution in [0.3, 0.4) is 0 Å². The number of ether oxygens (including phenoxy) is 1. The summed E-state index contributed by atoms with van der Waals surface area (Å²) < 4.78 is 18.8. The van der Waals surface area contributed by atoms with E-state index in [1.165, 1.54) is 6.07 Å². The first-order valence-corrected chi connectivity index (χ1v) is 9.53. The lowest BCUT2D eigenvalue weighted by Gasteiger charge is -2.27. The molecule has 1 aliphatic rings. The summed E-state index contributed by atoms with van der Waals surface area (Å²) in [6.45, 7) is 0.182. The molecule has 28 heavy (non-hydrogen) atoms. The third-order valence-corrected chi connectivity index (χ3v) is 5.22. The summed E-state index contributed by atoms with van der Waals surface area (Å²) in [5.74, 6) is 0.0246. The van der Waals surface area contributed by atoms with Gasteiger partial charge in [-0.25, -0.2) is 4.39 Å². The maximum Gasteiger partial charge on any atom is 0.227 e. The van der Waals surface area contributed by atoms with E-state index in [1.807, 2.05) is 18.2 Å². The zero-order valence-electron chi connectivity index (χ0n) is 15.9. The Hall–Kier alpha value is -2.89. The molecule has 1 aliphatic carbocycles. The predicted molar refractivity (Wildman–Crippen MR) is 105 cm³/mol. The van der Waals surface area contributed by atoms with Crippen molar-refractivity contribution in [2.24, 2.45) is 11.8 Å². The van der Waals surface area contributed by atoms with Crippen molar-refractivity contribution in [3.63, 3.8) is 0 Å². The Kier molecular flexibility index (Phi) is 6.63. The van der Waals surface area contributed by atoms with Crippen molar-refractivity contribution in [1.29, 1.82) is 0 Å². The van der Waals surface area contributed by atoms with Crippen molar-refractivity contribution < 1.29 is 18.7 Å². The summed E-state index contributed by atoms with van der Waals surface area (Å²) in [6.07, 6.45) is 2.62. The number of methoxy groups -OCH3 is 1. The van der Waals surface area contributed by atoms with Gasteiger partial charge in [-0.15, -0.1) is 0 Å². The Bertz CT molecular complexity index is 832.